The molecule has 1 aliphatic rings. The molecule has 2 aromatic rings. The van der Waals surface area contributed by atoms with E-state index < -0.39 is 24.5 Å². The Labute approximate surface area is 162 Å². The molecule has 0 aliphatic carbocycles. The van der Waals surface area contributed by atoms with Crippen LogP contribution in [0, 0.1) is 5.92 Å². The van der Waals surface area contributed by atoms with E-state index >= 15 is 0 Å². The zero-order valence-corrected chi connectivity index (χ0v) is 15.6. The van der Waals surface area contributed by atoms with E-state index in [-0.39, 0.29) is 11.8 Å². The third kappa shape index (κ3) is 3.78. The Bertz CT molecular complexity index is 910. The second-order valence-corrected chi connectivity index (χ2v) is 6.84. The molecule has 2 heterocycles. The number of carboxylic acid groups (broad SMARTS) is 1. The minimum Gasteiger partial charge on any atom is -0.480 e. The van der Waals surface area contributed by atoms with Crippen molar-refractivity contribution in [2.75, 3.05) is 6.54 Å². The van der Waals surface area contributed by atoms with Crippen LogP contribution in [0.4, 0.5) is 0 Å². The van der Waals surface area contributed by atoms with Gasteiger partial charge in [-0.05, 0) is 23.6 Å². The lowest BCUT2D eigenvalue weighted by molar-refractivity contribution is -0.144. The van der Waals surface area contributed by atoms with Gasteiger partial charge in [0.2, 0.25) is 0 Å². The summed E-state index contributed by atoms with van der Waals surface area (Å²) in [6, 6.07) is 11.3. The van der Waals surface area contributed by atoms with Gasteiger partial charge in [0.1, 0.15) is 12.6 Å². The minimum absolute atomic E-state index is 0.205. The number of aromatic nitrogens is 1. The molecule has 1 aromatic carbocycles. The average Bonchev–Trinajstić information content (AvgIpc) is 2.69. The summed E-state index contributed by atoms with van der Waals surface area (Å²) in [5.41, 5.74) is 1.45. The van der Waals surface area contributed by atoms with Crippen LogP contribution in [0.1, 0.15) is 29.8 Å². The van der Waals surface area contributed by atoms with Crippen molar-refractivity contribution < 1.29 is 19.5 Å². The number of pyridine rings is 1. The summed E-state index contributed by atoms with van der Waals surface area (Å²) < 4.78 is 0. The van der Waals surface area contributed by atoms with Crippen LogP contribution in [0.5, 0.6) is 0 Å². The maximum absolute atomic E-state index is 13.2. The molecular weight excluding hydrogens is 358 g/mol. The van der Waals surface area contributed by atoms with Crippen LogP contribution in [0.2, 0.25) is 0 Å². The lowest BCUT2D eigenvalue weighted by Crippen LogP contribution is -2.55. The molecule has 1 aromatic heterocycles. The van der Waals surface area contributed by atoms with Gasteiger partial charge in [0.05, 0.1) is 5.70 Å². The lowest BCUT2D eigenvalue weighted by Gasteiger charge is -2.40. The third-order valence-electron chi connectivity index (χ3n) is 4.53. The van der Waals surface area contributed by atoms with E-state index in [1.807, 2.05) is 19.9 Å². The summed E-state index contributed by atoms with van der Waals surface area (Å²) in [6.07, 6.45) is 4.61. The fraction of sp³-hybridized carbons (Fsp3) is 0.238. The van der Waals surface area contributed by atoms with Crippen LogP contribution < -0.4 is 0 Å². The highest BCUT2D eigenvalue weighted by molar-refractivity contribution is 6.03. The second kappa shape index (κ2) is 8.04. The maximum atomic E-state index is 13.2. The summed E-state index contributed by atoms with van der Waals surface area (Å²) >= 11 is 0. The summed E-state index contributed by atoms with van der Waals surface area (Å²) in [6.45, 7) is 3.19. The number of hydrogen-bond donors (Lipinski definition) is 1. The van der Waals surface area contributed by atoms with Gasteiger partial charge in [-0.1, -0.05) is 44.2 Å². The third-order valence-corrected chi connectivity index (χ3v) is 4.53. The number of rotatable bonds is 5. The SMILES string of the molecule is CC(C)C1C(=O)N(CC(=O)O)C(c2ccccc2)=CN1C(=O)c1ccncc1. The number of benzene rings is 1. The van der Waals surface area contributed by atoms with Crippen molar-refractivity contribution in [1.82, 2.24) is 14.8 Å². The molecule has 0 saturated carbocycles. The van der Waals surface area contributed by atoms with Gasteiger partial charge in [0.15, 0.2) is 0 Å². The number of aliphatic carboxylic acids is 1. The van der Waals surface area contributed by atoms with Crippen LogP contribution in [-0.4, -0.2) is 50.3 Å². The summed E-state index contributed by atoms with van der Waals surface area (Å²) in [7, 11) is 0. The standard InChI is InChI=1S/C21H21N3O4/c1-14(2)19-21(28)23(13-18(25)26)17(15-6-4-3-5-7-15)12-24(19)20(27)16-8-10-22-11-9-16/h3-12,14,19H,13H2,1-2H3,(H,25,26). The van der Waals surface area contributed by atoms with Crippen molar-refractivity contribution in [1.29, 1.82) is 0 Å². The molecule has 0 radical (unpaired) electrons. The Morgan fingerprint density at radius 2 is 1.75 bits per heavy atom. The number of hydrogen-bond acceptors (Lipinski definition) is 4. The molecule has 144 valence electrons. The van der Waals surface area contributed by atoms with Crippen LogP contribution in [-0.2, 0) is 9.59 Å². The van der Waals surface area contributed by atoms with E-state index in [0.717, 1.165) is 0 Å². The van der Waals surface area contributed by atoms with Crippen molar-refractivity contribution in [2.24, 2.45) is 5.92 Å². The molecule has 1 atom stereocenters. The van der Waals surface area contributed by atoms with E-state index in [0.29, 0.717) is 16.8 Å². The number of carbonyl (C=O) groups excluding carboxylic acids is 2. The van der Waals surface area contributed by atoms with Crippen molar-refractivity contribution in [3.8, 4) is 0 Å². The monoisotopic (exact) mass is 379 g/mol. The van der Waals surface area contributed by atoms with Crippen LogP contribution in [0.25, 0.3) is 5.70 Å². The Hall–Kier alpha value is -3.48. The molecule has 1 aliphatic heterocycles. The average molecular weight is 379 g/mol. The fourth-order valence-corrected chi connectivity index (χ4v) is 3.25. The first kappa shape index (κ1) is 19.3. The molecule has 0 spiro atoms. The highest BCUT2D eigenvalue weighted by Gasteiger charge is 2.41. The number of amides is 2. The predicted molar refractivity (Wildman–Crippen MR) is 103 cm³/mol. The molecule has 7 heteroatoms. The molecule has 28 heavy (non-hydrogen) atoms. The van der Waals surface area contributed by atoms with Crippen molar-refractivity contribution in [2.45, 2.75) is 19.9 Å². The highest BCUT2D eigenvalue weighted by Crippen LogP contribution is 2.30. The molecule has 7 nitrogen and oxygen atoms in total. The normalized spacial score (nSPS) is 16.9. The van der Waals surface area contributed by atoms with Gasteiger partial charge in [0.25, 0.3) is 11.8 Å². The van der Waals surface area contributed by atoms with Crippen LogP contribution in [0.3, 0.4) is 0 Å². The molecular formula is C21H21N3O4. The van der Waals surface area contributed by atoms with E-state index in [1.54, 1.807) is 42.6 Å². The zero-order chi connectivity index (χ0) is 20.3. The van der Waals surface area contributed by atoms with Gasteiger partial charge in [0, 0.05) is 24.2 Å². The number of carbonyl (C=O) groups is 3. The molecule has 2 amide bonds. The first-order chi connectivity index (χ1) is 13.4. The zero-order valence-electron chi connectivity index (χ0n) is 15.6. The van der Waals surface area contributed by atoms with Crippen LogP contribution >= 0.6 is 0 Å². The molecule has 1 N–H and O–H groups in total. The first-order valence-corrected chi connectivity index (χ1v) is 8.93. The Morgan fingerprint density at radius 3 is 2.32 bits per heavy atom. The number of nitrogens with zero attached hydrogens (tertiary/aromatic N) is 3. The van der Waals surface area contributed by atoms with Gasteiger partial charge in [-0.25, -0.2) is 0 Å². The number of carboxylic acids is 1. The van der Waals surface area contributed by atoms with E-state index in [1.165, 1.54) is 22.2 Å². The molecule has 3 rings (SSSR count). The Balaban J connectivity index is 2.14. The van der Waals surface area contributed by atoms with Crippen molar-refractivity contribution in [3.63, 3.8) is 0 Å². The minimum atomic E-state index is -1.12. The smallest absolute Gasteiger partial charge is 0.323 e. The summed E-state index contributed by atoms with van der Waals surface area (Å²) in [4.78, 5) is 44.3. The van der Waals surface area contributed by atoms with Crippen molar-refractivity contribution >= 4 is 23.5 Å². The van der Waals surface area contributed by atoms with Gasteiger partial charge in [-0.3, -0.25) is 24.3 Å². The fourth-order valence-electron chi connectivity index (χ4n) is 3.25. The van der Waals surface area contributed by atoms with E-state index in [2.05, 4.69) is 4.98 Å². The van der Waals surface area contributed by atoms with Gasteiger partial charge < -0.3 is 10.0 Å². The van der Waals surface area contributed by atoms with Gasteiger partial charge in [-0.2, -0.15) is 0 Å². The van der Waals surface area contributed by atoms with Gasteiger partial charge >= 0.3 is 5.97 Å². The van der Waals surface area contributed by atoms with Crippen molar-refractivity contribution in [3.05, 3.63) is 72.2 Å². The second-order valence-electron chi connectivity index (χ2n) is 6.84. The molecule has 0 fully saturated rings. The van der Waals surface area contributed by atoms with Gasteiger partial charge in [-0.15, -0.1) is 0 Å². The van der Waals surface area contributed by atoms with E-state index in [4.69, 9.17) is 0 Å². The quantitative estimate of drug-likeness (QED) is 0.862. The maximum Gasteiger partial charge on any atom is 0.323 e. The van der Waals surface area contributed by atoms with Crippen LogP contribution in [0.15, 0.2) is 61.1 Å². The highest BCUT2D eigenvalue weighted by atomic mass is 16.4. The topological polar surface area (TPSA) is 90.8 Å². The Morgan fingerprint density at radius 1 is 1.11 bits per heavy atom. The van der Waals surface area contributed by atoms with E-state index in [9.17, 15) is 19.5 Å². The molecule has 0 bridgehead atoms. The molecule has 0 saturated heterocycles. The first-order valence-electron chi connectivity index (χ1n) is 8.93. The summed E-state index contributed by atoms with van der Waals surface area (Å²) in [5, 5.41) is 9.32. The molecule has 1 unspecified atom stereocenters. The largest absolute Gasteiger partial charge is 0.480 e. The predicted octanol–water partition coefficient (Wildman–Crippen LogP) is 2.47. The Kier molecular flexibility index (Phi) is 5.54. The lowest BCUT2D eigenvalue weighted by atomic mass is 9.96. The summed E-state index contributed by atoms with van der Waals surface area (Å²) in [5.74, 6) is -2.08.